The topological polar surface area (TPSA) is 49.3 Å². The molecule has 0 amide bonds. The molecule has 0 radical (unpaired) electrons. The van der Waals surface area contributed by atoms with Crippen LogP contribution in [0.3, 0.4) is 0 Å². The first-order valence-electron chi connectivity index (χ1n) is 5.81. The number of nitrogens with one attached hydrogen (secondary N) is 1. The highest BCUT2D eigenvalue weighted by Gasteiger charge is 2.21. The van der Waals surface area contributed by atoms with Crippen molar-refractivity contribution in [3.8, 4) is 0 Å². The summed E-state index contributed by atoms with van der Waals surface area (Å²) in [5.74, 6) is -0.00560. The largest absolute Gasteiger partial charge is 0.480 e. The molecule has 1 aliphatic rings. The van der Waals surface area contributed by atoms with Gasteiger partial charge in [0.25, 0.3) is 0 Å². The molecule has 3 nitrogen and oxygen atoms in total. The number of thioether (sulfide) groups is 1. The molecular weight excluding hydrogens is 210 g/mol. The molecule has 0 aromatic rings. The van der Waals surface area contributed by atoms with Crippen LogP contribution in [0.5, 0.6) is 0 Å². The van der Waals surface area contributed by atoms with Gasteiger partial charge in [0.05, 0.1) is 0 Å². The van der Waals surface area contributed by atoms with Crippen LogP contribution in [0.15, 0.2) is 0 Å². The minimum atomic E-state index is -0.714. The van der Waals surface area contributed by atoms with Gasteiger partial charge in [-0.2, -0.15) is 11.8 Å². The van der Waals surface area contributed by atoms with E-state index in [-0.39, 0.29) is 6.04 Å². The van der Waals surface area contributed by atoms with E-state index in [1.54, 1.807) is 0 Å². The van der Waals surface area contributed by atoms with E-state index in [1.165, 1.54) is 25.7 Å². The lowest BCUT2D eigenvalue weighted by molar-refractivity contribution is -0.138. The van der Waals surface area contributed by atoms with Crippen LogP contribution in [0, 0.1) is 0 Å². The maximum Gasteiger partial charge on any atom is 0.321 e. The molecule has 0 heterocycles. The Morgan fingerprint density at radius 2 is 2.20 bits per heavy atom. The van der Waals surface area contributed by atoms with E-state index in [0.29, 0.717) is 11.0 Å². The quantitative estimate of drug-likeness (QED) is 0.704. The van der Waals surface area contributed by atoms with Crippen molar-refractivity contribution in [2.24, 2.45) is 0 Å². The third kappa shape index (κ3) is 4.89. The summed E-state index contributed by atoms with van der Waals surface area (Å²) >= 11 is 1.83. The highest BCUT2D eigenvalue weighted by Crippen LogP contribution is 2.29. The summed E-state index contributed by atoms with van der Waals surface area (Å²) < 4.78 is 0. The lowest BCUT2D eigenvalue weighted by Gasteiger charge is -2.15. The molecule has 88 valence electrons. The predicted octanol–water partition coefficient (Wildman–Crippen LogP) is 2.11. The van der Waals surface area contributed by atoms with Gasteiger partial charge in [-0.15, -0.1) is 0 Å². The van der Waals surface area contributed by atoms with E-state index in [9.17, 15) is 4.79 Å². The first kappa shape index (κ1) is 12.8. The molecule has 0 spiro atoms. The molecule has 1 rings (SSSR count). The summed E-state index contributed by atoms with van der Waals surface area (Å²) in [5.41, 5.74) is 0. The number of carbonyl (C=O) groups is 1. The van der Waals surface area contributed by atoms with Gasteiger partial charge in [0.15, 0.2) is 0 Å². The molecule has 4 heteroatoms. The Bertz CT molecular complexity index is 193. The Hall–Kier alpha value is -0.220. The summed E-state index contributed by atoms with van der Waals surface area (Å²) in [4.78, 5) is 10.9. The number of carboxylic acids is 1. The summed E-state index contributed by atoms with van der Waals surface area (Å²) in [6, 6.07) is -0.365. The fourth-order valence-corrected chi connectivity index (χ4v) is 3.22. The Kier molecular flexibility index (Phi) is 6.10. The molecule has 1 saturated carbocycles. The molecule has 0 aliphatic heterocycles. The first-order chi connectivity index (χ1) is 7.24. The second-order valence-corrected chi connectivity index (χ2v) is 5.42. The van der Waals surface area contributed by atoms with Crippen LogP contribution >= 0.6 is 11.8 Å². The van der Waals surface area contributed by atoms with Crippen molar-refractivity contribution in [3.05, 3.63) is 0 Å². The van der Waals surface area contributed by atoms with Crippen molar-refractivity contribution >= 4 is 17.7 Å². The van der Waals surface area contributed by atoms with Crippen LogP contribution in [0.25, 0.3) is 0 Å². The zero-order valence-electron chi connectivity index (χ0n) is 9.37. The van der Waals surface area contributed by atoms with E-state index in [1.807, 2.05) is 11.8 Å². The summed E-state index contributed by atoms with van der Waals surface area (Å²) in [7, 11) is 0. The number of aliphatic carboxylic acids is 1. The van der Waals surface area contributed by atoms with Gasteiger partial charge in [0, 0.05) is 11.0 Å². The Morgan fingerprint density at radius 1 is 1.53 bits per heavy atom. The van der Waals surface area contributed by atoms with Gasteiger partial charge in [-0.1, -0.05) is 19.8 Å². The van der Waals surface area contributed by atoms with Crippen molar-refractivity contribution in [2.75, 3.05) is 12.3 Å². The zero-order valence-corrected chi connectivity index (χ0v) is 10.2. The SMILES string of the molecule is CCCNC(CSC1CCCC1)C(=O)O. The number of rotatable bonds is 7. The van der Waals surface area contributed by atoms with Crippen molar-refractivity contribution in [1.29, 1.82) is 0 Å². The van der Waals surface area contributed by atoms with Crippen molar-refractivity contribution in [3.63, 3.8) is 0 Å². The van der Waals surface area contributed by atoms with Crippen LogP contribution in [-0.4, -0.2) is 34.7 Å². The van der Waals surface area contributed by atoms with Gasteiger partial charge in [-0.3, -0.25) is 4.79 Å². The van der Waals surface area contributed by atoms with E-state index in [4.69, 9.17) is 5.11 Å². The van der Waals surface area contributed by atoms with Gasteiger partial charge < -0.3 is 10.4 Å². The van der Waals surface area contributed by atoms with E-state index < -0.39 is 5.97 Å². The maximum atomic E-state index is 10.9. The standard InChI is InChI=1S/C11H21NO2S/c1-2-7-12-10(11(13)14)8-15-9-5-3-4-6-9/h9-10,12H,2-8H2,1H3,(H,13,14). The average Bonchev–Trinajstić information content (AvgIpc) is 2.70. The second-order valence-electron chi connectivity index (χ2n) is 4.08. The summed E-state index contributed by atoms with van der Waals surface area (Å²) in [5, 5.41) is 12.8. The molecule has 1 atom stereocenters. The highest BCUT2D eigenvalue weighted by molar-refractivity contribution is 8.00. The van der Waals surface area contributed by atoms with Gasteiger partial charge in [0.2, 0.25) is 0 Å². The van der Waals surface area contributed by atoms with Gasteiger partial charge >= 0.3 is 5.97 Å². The van der Waals surface area contributed by atoms with E-state index in [0.717, 1.165) is 13.0 Å². The maximum absolute atomic E-state index is 10.9. The summed E-state index contributed by atoms with van der Waals surface area (Å²) in [6.07, 6.45) is 6.16. The minimum absolute atomic E-state index is 0.365. The molecule has 1 unspecified atom stereocenters. The molecule has 0 bridgehead atoms. The monoisotopic (exact) mass is 231 g/mol. The number of hydrogen-bond acceptors (Lipinski definition) is 3. The van der Waals surface area contributed by atoms with E-state index >= 15 is 0 Å². The zero-order chi connectivity index (χ0) is 11.1. The smallest absolute Gasteiger partial charge is 0.321 e. The van der Waals surface area contributed by atoms with Crippen molar-refractivity contribution in [2.45, 2.75) is 50.3 Å². The van der Waals surface area contributed by atoms with Crippen LogP contribution in [-0.2, 0) is 4.79 Å². The van der Waals surface area contributed by atoms with Crippen molar-refractivity contribution in [1.82, 2.24) is 5.32 Å². The molecule has 0 saturated heterocycles. The Morgan fingerprint density at radius 3 is 2.73 bits per heavy atom. The number of hydrogen-bond donors (Lipinski definition) is 2. The van der Waals surface area contributed by atoms with Crippen LogP contribution in [0.1, 0.15) is 39.0 Å². The third-order valence-corrected chi connectivity index (χ3v) is 4.21. The molecule has 2 N–H and O–H groups in total. The van der Waals surface area contributed by atoms with Crippen molar-refractivity contribution < 1.29 is 9.90 Å². The van der Waals surface area contributed by atoms with Gasteiger partial charge in [-0.05, 0) is 25.8 Å². The Labute approximate surface area is 96.0 Å². The van der Waals surface area contributed by atoms with E-state index in [2.05, 4.69) is 12.2 Å². The molecule has 0 aromatic carbocycles. The first-order valence-corrected chi connectivity index (χ1v) is 6.86. The molecule has 1 aliphatic carbocycles. The second kappa shape index (κ2) is 7.12. The molecular formula is C11H21NO2S. The minimum Gasteiger partial charge on any atom is -0.480 e. The summed E-state index contributed by atoms with van der Waals surface area (Å²) in [6.45, 7) is 2.85. The lowest BCUT2D eigenvalue weighted by Crippen LogP contribution is -2.39. The van der Waals surface area contributed by atoms with Crippen LogP contribution in [0.2, 0.25) is 0 Å². The normalized spacial score (nSPS) is 19.3. The highest BCUT2D eigenvalue weighted by atomic mass is 32.2. The molecule has 15 heavy (non-hydrogen) atoms. The number of carboxylic acid groups (broad SMARTS) is 1. The van der Waals surface area contributed by atoms with Crippen LogP contribution in [0.4, 0.5) is 0 Å². The molecule has 1 fully saturated rings. The fourth-order valence-electron chi connectivity index (χ4n) is 1.82. The van der Waals surface area contributed by atoms with Gasteiger partial charge in [0.1, 0.15) is 6.04 Å². The predicted molar refractivity (Wildman–Crippen MR) is 64.4 cm³/mol. The van der Waals surface area contributed by atoms with Gasteiger partial charge in [-0.25, -0.2) is 0 Å². The fraction of sp³-hybridized carbons (Fsp3) is 0.909. The Balaban J connectivity index is 2.20. The average molecular weight is 231 g/mol. The molecule has 0 aromatic heterocycles. The lowest BCUT2D eigenvalue weighted by atomic mass is 10.3. The van der Waals surface area contributed by atoms with Crippen LogP contribution < -0.4 is 5.32 Å². The third-order valence-electron chi connectivity index (χ3n) is 2.74.